The van der Waals surface area contributed by atoms with Crippen molar-refractivity contribution in [2.75, 3.05) is 24.6 Å². The van der Waals surface area contributed by atoms with E-state index in [9.17, 15) is 0 Å². The molecule has 106 valence electrons. The van der Waals surface area contributed by atoms with Crippen molar-refractivity contribution in [2.24, 2.45) is 5.73 Å². The van der Waals surface area contributed by atoms with Gasteiger partial charge in [0.05, 0.1) is 6.10 Å². The molecule has 1 saturated heterocycles. The van der Waals surface area contributed by atoms with Gasteiger partial charge in [-0.05, 0) is 50.5 Å². The molecule has 1 aliphatic rings. The maximum Gasteiger partial charge on any atom is 0.0721 e. The number of benzene rings is 1. The molecule has 2 rings (SSSR count). The summed E-state index contributed by atoms with van der Waals surface area (Å²) in [6.45, 7) is 6.94. The van der Waals surface area contributed by atoms with Crippen LogP contribution in [0, 0.1) is 0 Å². The van der Waals surface area contributed by atoms with Crippen molar-refractivity contribution in [3.05, 3.63) is 28.8 Å². The lowest BCUT2D eigenvalue weighted by Gasteiger charge is -2.27. The highest BCUT2D eigenvalue weighted by Gasteiger charge is 2.18. The van der Waals surface area contributed by atoms with Gasteiger partial charge in [-0.1, -0.05) is 11.6 Å². The Kier molecular flexibility index (Phi) is 5.08. The first-order valence-electron chi connectivity index (χ1n) is 6.97. The number of nitrogens with zero attached hydrogens (tertiary/aromatic N) is 1. The molecule has 1 aromatic carbocycles. The van der Waals surface area contributed by atoms with Gasteiger partial charge in [0.15, 0.2) is 0 Å². The molecule has 4 heteroatoms. The summed E-state index contributed by atoms with van der Waals surface area (Å²) >= 11 is 6.12. The number of nitrogens with two attached hydrogens (primary N) is 1. The summed E-state index contributed by atoms with van der Waals surface area (Å²) in [5.74, 6) is 0. The van der Waals surface area contributed by atoms with Crippen LogP contribution >= 0.6 is 11.6 Å². The van der Waals surface area contributed by atoms with E-state index < -0.39 is 0 Å². The second-order valence-corrected chi connectivity index (χ2v) is 5.87. The first-order valence-corrected chi connectivity index (χ1v) is 7.34. The predicted octanol–water partition coefficient (Wildman–Crippen LogP) is 2.84. The van der Waals surface area contributed by atoms with E-state index in [1.54, 1.807) is 0 Å². The van der Waals surface area contributed by atoms with Gasteiger partial charge in [-0.15, -0.1) is 0 Å². The fourth-order valence-electron chi connectivity index (χ4n) is 2.59. The molecule has 0 aromatic heterocycles. The van der Waals surface area contributed by atoms with E-state index in [1.165, 1.54) is 11.3 Å². The molecule has 1 fully saturated rings. The zero-order valence-corrected chi connectivity index (χ0v) is 12.5. The smallest absolute Gasteiger partial charge is 0.0721 e. The van der Waals surface area contributed by atoms with Gasteiger partial charge in [-0.3, -0.25) is 0 Å². The van der Waals surface area contributed by atoms with E-state index in [0.29, 0.717) is 0 Å². The zero-order chi connectivity index (χ0) is 13.8. The molecule has 0 saturated carbocycles. The Bertz CT molecular complexity index is 423. The number of ether oxygens (including phenoxy) is 1. The first-order chi connectivity index (χ1) is 9.06. The zero-order valence-electron chi connectivity index (χ0n) is 11.7. The van der Waals surface area contributed by atoms with Crippen LogP contribution in [0.1, 0.15) is 25.8 Å². The Morgan fingerprint density at radius 2 is 2.32 bits per heavy atom. The van der Waals surface area contributed by atoms with Gasteiger partial charge in [0.1, 0.15) is 0 Å². The summed E-state index contributed by atoms with van der Waals surface area (Å²) < 4.78 is 5.71. The molecule has 0 spiro atoms. The van der Waals surface area contributed by atoms with E-state index in [4.69, 9.17) is 22.1 Å². The van der Waals surface area contributed by atoms with Gasteiger partial charge in [0, 0.05) is 36.4 Å². The van der Waals surface area contributed by atoms with Gasteiger partial charge < -0.3 is 15.4 Å². The second-order valence-electron chi connectivity index (χ2n) is 5.44. The third kappa shape index (κ3) is 4.10. The molecule has 2 atom stereocenters. The van der Waals surface area contributed by atoms with Crippen LogP contribution in [0.2, 0.25) is 5.02 Å². The molecule has 1 aliphatic heterocycles. The second kappa shape index (κ2) is 6.60. The van der Waals surface area contributed by atoms with Crippen molar-refractivity contribution < 1.29 is 4.74 Å². The standard InChI is InChI=1S/C15H23ClN2O/c1-11(17)8-13-9-14(16)4-5-15(13)18-6-3-7-19-12(2)10-18/h4-5,9,11-12H,3,6-8,10,17H2,1-2H3. The summed E-state index contributed by atoms with van der Waals surface area (Å²) in [5.41, 5.74) is 8.43. The highest BCUT2D eigenvalue weighted by molar-refractivity contribution is 6.30. The molecule has 3 nitrogen and oxygen atoms in total. The fourth-order valence-corrected chi connectivity index (χ4v) is 2.78. The molecule has 2 unspecified atom stereocenters. The normalized spacial score (nSPS) is 22.1. The minimum absolute atomic E-state index is 0.137. The highest BCUT2D eigenvalue weighted by atomic mass is 35.5. The summed E-state index contributed by atoms with van der Waals surface area (Å²) in [6, 6.07) is 6.24. The van der Waals surface area contributed by atoms with E-state index >= 15 is 0 Å². The molecular formula is C15H23ClN2O. The van der Waals surface area contributed by atoms with Gasteiger partial charge in [-0.2, -0.15) is 0 Å². The highest BCUT2D eigenvalue weighted by Crippen LogP contribution is 2.27. The monoisotopic (exact) mass is 282 g/mol. The maximum atomic E-state index is 6.12. The van der Waals surface area contributed by atoms with E-state index in [-0.39, 0.29) is 12.1 Å². The van der Waals surface area contributed by atoms with Crippen molar-refractivity contribution in [3.63, 3.8) is 0 Å². The SMILES string of the molecule is CC(N)Cc1cc(Cl)ccc1N1CCCOC(C)C1. The van der Waals surface area contributed by atoms with Crippen LogP contribution < -0.4 is 10.6 Å². The summed E-state index contributed by atoms with van der Waals surface area (Å²) in [5, 5.41) is 0.776. The topological polar surface area (TPSA) is 38.5 Å². The Hall–Kier alpha value is -0.770. The molecular weight excluding hydrogens is 260 g/mol. The van der Waals surface area contributed by atoms with Crippen LogP contribution in [0.25, 0.3) is 0 Å². The van der Waals surface area contributed by atoms with Crippen LogP contribution in [0.4, 0.5) is 5.69 Å². The number of hydrogen-bond acceptors (Lipinski definition) is 3. The van der Waals surface area contributed by atoms with Gasteiger partial charge in [-0.25, -0.2) is 0 Å². The van der Waals surface area contributed by atoms with Crippen molar-refractivity contribution in [1.82, 2.24) is 0 Å². The fraction of sp³-hybridized carbons (Fsp3) is 0.600. The number of anilines is 1. The largest absolute Gasteiger partial charge is 0.377 e. The third-order valence-corrected chi connectivity index (χ3v) is 3.61. The van der Waals surface area contributed by atoms with Crippen LogP contribution in [-0.2, 0) is 11.2 Å². The van der Waals surface area contributed by atoms with Crippen molar-refractivity contribution in [3.8, 4) is 0 Å². The van der Waals surface area contributed by atoms with Crippen LogP contribution in [-0.4, -0.2) is 31.8 Å². The summed E-state index contributed by atoms with van der Waals surface area (Å²) in [4.78, 5) is 2.39. The third-order valence-electron chi connectivity index (χ3n) is 3.38. The lowest BCUT2D eigenvalue weighted by atomic mass is 10.0. The van der Waals surface area contributed by atoms with E-state index in [2.05, 4.69) is 17.9 Å². The van der Waals surface area contributed by atoms with Crippen LogP contribution in [0.15, 0.2) is 18.2 Å². The van der Waals surface area contributed by atoms with Gasteiger partial charge in [0.25, 0.3) is 0 Å². The van der Waals surface area contributed by atoms with Crippen molar-refractivity contribution >= 4 is 17.3 Å². The number of hydrogen-bond donors (Lipinski definition) is 1. The predicted molar refractivity (Wildman–Crippen MR) is 81.0 cm³/mol. The lowest BCUT2D eigenvalue weighted by molar-refractivity contribution is 0.0821. The van der Waals surface area contributed by atoms with E-state index in [1.807, 2.05) is 19.1 Å². The van der Waals surface area contributed by atoms with Crippen LogP contribution in [0.5, 0.6) is 0 Å². The molecule has 0 amide bonds. The van der Waals surface area contributed by atoms with E-state index in [0.717, 1.165) is 37.6 Å². The van der Waals surface area contributed by atoms with Crippen molar-refractivity contribution in [1.29, 1.82) is 0 Å². The summed E-state index contributed by atoms with van der Waals surface area (Å²) in [6.07, 6.45) is 2.17. The Labute approximate surface area is 120 Å². The minimum Gasteiger partial charge on any atom is -0.377 e. The molecule has 19 heavy (non-hydrogen) atoms. The molecule has 1 heterocycles. The Balaban J connectivity index is 2.26. The molecule has 0 bridgehead atoms. The van der Waals surface area contributed by atoms with Crippen LogP contribution in [0.3, 0.4) is 0 Å². The minimum atomic E-state index is 0.137. The van der Waals surface area contributed by atoms with Crippen molar-refractivity contribution in [2.45, 2.75) is 38.8 Å². The van der Waals surface area contributed by atoms with Gasteiger partial charge in [0.2, 0.25) is 0 Å². The Morgan fingerprint density at radius 3 is 3.05 bits per heavy atom. The first kappa shape index (κ1) is 14.6. The average molecular weight is 283 g/mol. The molecule has 2 N–H and O–H groups in total. The lowest BCUT2D eigenvalue weighted by Crippen LogP contribution is -2.31. The molecule has 0 radical (unpaired) electrons. The average Bonchev–Trinajstić information content (AvgIpc) is 2.53. The molecule has 0 aliphatic carbocycles. The van der Waals surface area contributed by atoms with Gasteiger partial charge >= 0.3 is 0 Å². The quantitative estimate of drug-likeness (QED) is 0.926. The summed E-state index contributed by atoms with van der Waals surface area (Å²) in [7, 11) is 0. The number of halogens is 1. The Morgan fingerprint density at radius 1 is 1.53 bits per heavy atom. The number of rotatable bonds is 3. The maximum absolute atomic E-state index is 6.12. The molecule has 1 aromatic rings.